The third-order valence-corrected chi connectivity index (χ3v) is 2.59. The maximum absolute atomic E-state index is 13.8. The Morgan fingerprint density at radius 1 is 1.44 bits per heavy atom. The van der Waals surface area contributed by atoms with E-state index in [-0.39, 0.29) is 30.1 Å². The number of primary amides is 1. The van der Waals surface area contributed by atoms with Crippen molar-refractivity contribution in [2.75, 3.05) is 30.3 Å². The molecular weight excluding hydrogens is 237 g/mol. The average Bonchev–Trinajstić information content (AvgIpc) is 2.28. The van der Waals surface area contributed by atoms with Crippen molar-refractivity contribution in [1.29, 1.82) is 0 Å². The molecule has 1 rings (SSSR count). The van der Waals surface area contributed by atoms with Crippen LogP contribution in [0.1, 0.15) is 23.7 Å². The zero-order valence-corrected chi connectivity index (χ0v) is 10.3. The first-order valence-electron chi connectivity index (χ1n) is 5.75. The van der Waals surface area contributed by atoms with Crippen molar-refractivity contribution in [1.82, 2.24) is 0 Å². The van der Waals surface area contributed by atoms with E-state index in [4.69, 9.17) is 16.6 Å². The number of halogens is 1. The van der Waals surface area contributed by atoms with Gasteiger partial charge in [0.1, 0.15) is 5.82 Å². The van der Waals surface area contributed by atoms with E-state index in [0.29, 0.717) is 6.54 Å². The topological polar surface area (TPSA) is 92.6 Å². The Morgan fingerprint density at radius 3 is 2.61 bits per heavy atom. The van der Waals surface area contributed by atoms with E-state index in [1.54, 1.807) is 4.90 Å². The molecule has 0 radical (unpaired) electrons. The molecule has 100 valence electrons. The molecule has 0 heterocycles. The van der Waals surface area contributed by atoms with Gasteiger partial charge in [0.2, 0.25) is 0 Å². The molecule has 0 aromatic heterocycles. The number of carbonyl (C=O) groups excluding carboxylic acids is 1. The van der Waals surface area contributed by atoms with Crippen molar-refractivity contribution < 1.29 is 14.3 Å². The number of rotatable bonds is 6. The van der Waals surface area contributed by atoms with Crippen molar-refractivity contribution in [3.05, 3.63) is 23.5 Å². The summed E-state index contributed by atoms with van der Waals surface area (Å²) < 4.78 is 13.8. The highest BCUT2D eigenvalue weighted by Crippen LogP contribution is 2.25. The number of nitrogen functional groups attached to an aromatic ring is 1. The number of nitrogens with two attached hydrogens (primary N) is 2. The van der Waals surface area contributed by atoms with E-state index in [1.165, 1.54) is 6.07 Å². The summed E-state index contributed by atoms with van der Waals surface area (Å²) in [5.74, 6) is -1.23. The number of amides is 1. The van der Waals surface area contributed by atoms with Gasteiger partial charge in [0.05, 0.1) is 17.9 Å². The minimum atomic E-state index is -0.700. The second-order valence-electron chi connectivity index (χ2n) is 3.97. The van der Waals surface area contributed by atoms with Gasteiger partial charge in [-0.15, -0.1) is 0 Å². The molecule has 0 bridgehead atoms. The predicted molar refractivity (Wildman–Crippen MR) is 68.9 cm³/mol. The number of anilines is 2. The normalized spacial score (nSPS) is 10.4. The van der Waals surface area contributed by atoms with Crippen LogP contribution in [0.15, 0.2) is 12.1 Å². The Hall–Kier alpha value is -1.82. The standard InChI is InChI=1S/C12H18FN3O2/c1-2-3-16(4-5-17)11-6-8(12(15)18)10(14)7-9(11)13/h6-7,17H,2-5,14H2,1H3,(H2,15,18). The van der Waals surface area contributed by atoms with Crippen molar-refractivity contribution in [3.8, 4) is 0 Å². The number of hydrogen-bond donors (Lipinski definition) is 3. The number of carbonyl (C=O) groups is 1. The first-order chi connectivity index (χ1) is 8.51. The molecule has 0 spiro atoms. The quantitative estimate of drug-likeness (QED) is 0.653. The Labute approximate surface area is 105 Å². The van der Waals surface area contributed by atoms with Gasteiger partial charge in [-0.1, -0.05) is 6.92 Å². The summed E-state index contributed by atoms with van der Waals surface area (Å²) in [6.07, 6.45) is 0.787. The lowest BCUT2D eigenvalue weighted by molar-refractivity contribution is 0.100. The van der Waals surface area contributed by atoms with Crippen LogP contribution in [0.3, 0.4) is 0 Å². The molecule has 0 aliphatic heterocycles. The van der Waals surface area contributed by atoms with Gasteiger partial charge < -0.3 is 21.5 Å². The predicted octanol–water partition coefficient (Wildman–Crippen LogP) is 0.716. The van der Waals surface area contributed by atoms with Crippen molar-refractivity contribution in [2.45, 2.75) is 13.3 Å². The monoisotopic (exact) mass is 255 g/mol. The van der Waals surface area contributed by atoms with E-state index < -0.39 is 11.7 Å². The first kappa shape index (κ1) is 14.2. The largest absolute Gasteiger partial charge is 0.398 e. The summed E-state index contributed by atoms with van der Waals surface area (Å²) in [5, 5.41) is 8.97. The number of hydrogen-bond acceptors (Lipinski definition) is 4. The van der Waals surface area contributed by atoms with E-state index in [0.717, 1.165) is 12.5 Å². The van der Waals surface area contributed by atoms with Crippen LogP contribution < -0.4 is 16.4 Å². The van der Waals surface area contributed by atoms with Crippen LogP contribution in [-0.2, 0) is 0 Å². The van der Waals surface area contributed by atoms with E-state index in [9.17, 15) is 9.18 Å². The third-order valence-electron chi connectivity index (χ3n) is 2.59. The average molecular weight is 255 g/mol. The van der Waals surface area contributed by atoms with Gasteiger partial charge >= 0.3 is 0 Å². The smallest absolute Gasteiger partial charge is 0.250 e. The number of nitrogens with zero attached hydrogens (tertiary/aromatic N) is 1. The molecule has 5 N–H and O–H groups in total. The highest BCUT2D eigenvalue weighted by molar-refractivity contribution is 5.99. The van der Waals surface area contributed by atoms with Crippen LogP contribution in [0.2, 0.25) is 0 Å². The highest BCUT2D eigenvalue weighted by Gasteiger charge is 2.16. The van der Waals surface area contributed by atoms with Crippen LogP contribution in [0.4, 0.5) is 15.8 Å². The summed E-state index contributed by atoms with van der Waals surface area (Å²) in [7, 11) is 0. The molecule has 0 aliphatic carbocycles. The van der Waals surface area contributed by atoms with Gasteiger partial charge in [-0.2, -0.15) is 0 Å². The van der Waals surface area contributed by atoms with E-state index in [1.807, 2.05) is 6.92 Å². The summed E-state index contributed by atoms with van der Waals surface area (Å²) >= 11 is 0. The molecule has 6 heteroatoms. The summed E-state index contributed by atoms with van der Waals surface area (Å²) in [6.45, 7) is 2.69. The number of aliphatic hydroxyl groups is 1. The molecule has 5 nitrogen and oxygen atoms in total. The van der Waals surface area contributed by atoms with Crippen LogP contribution >= 0.6 is 0 Å². The lowest BCUT2D eigenvalue weighted by atomic mass is 10.1. The first-order valence-corrected chi connectivity index (χ1v) is 5.75. The molecule has 1 aromatic carbocycles. The second kappa shape index (κ2) is 6.20. The molecule has 1 aromatic rings. The van der Waals surface area contributed by atoms with Gasteiger partial charge in [-0.25, -0.2) is 4.39 Å². The molecule has 0 saturated heterocycles. The zero-order valence-electron chi connectivity index (χ0n) is 10.3. The molecular formula is C12H18FN3O2. The van der Waals surface area contributed by atoms with Crippen LogP contribution in [0.5, 0.6) is 0 Å². The lowest BCUT2D eigenvalue weighted by Gasteiger charge is -2.24. The minimum Gasteiger partial charge on any atom is -0.398 e. The Morgan fingerprint density at radius 2 is 2.11 bits per heavy atom. The molecule has 18 heavy (non-hydrogen) atoms. The van der Waals surface area contributed by atoms with Gasteiger partial charge in [-0.3, -0.25) is 4.79 Å². The van der Waals surface area contributed by atoms with E-state index in [2.05, 4.69) is 0 Å². The zero-order chi connectivity index (χ0) is 13.7. The lowest BCUT2D eigenvalue weighted by Crippen LogP contribution is -2.29. The molecule has 1 amide bonds. The maximum atomic E-state index is 13.8. The SMILES string of the molecule is CCCN(CCO)c1cc(C(N)=O)c(N)cc1F. The molecule has 0 aliphatic rings. The number of benzene rings is 1. The van der Waals surface area contributed by atoms with Crippen LogP contribution in [0.25, 0.3) is 0 Å². The van der Waals surface area contributed by atoms with E-state index >= 15 is 0 Å². The highest BCUT2D eigenvalue weighted by atomic mass is 19.1. The van der Waals surface area contributed by atoms with Crippen molar-refractivity contribution in [2.24, 2.45) is 5.73 Å². The summed E-state index contributed by atoms with van der Waals surface area (Å²) in [5.41, 5.74) is 11.0. The summed E-state index contributed by atoms with van der Waals surface area (Å²) in [6, 6.07) is 2.41. The Balaban J connectivity index is 3.20. The Kier molecular flexibility index (Phi) is 4.91. The summed E-state index contributed by atoms with van der Waals surface area (Å²) in [4.78, 5) is 12.8. The number of aliphatic hydroxyl groups excluding tert-OH is 1. The van der Waals surface area contributed by atoms with Gasteiger partial charge in [-0.05, 0) is 18.6 Å². The molecule has 0 saturated carbocycles. The second-order valence-corrected chi connectivity index (χ2v) is 3.97. The Bertz CT molecular complexity index is 432. The maximum Gasteiger partial charge on any atom is 0.250 e. The molecule has 0 atom stereocenters. The van der Waals surface area contributed by atoms with Gasteiger partial charge in [0.25, 0.3) is 5.91 Å². The fourth-order valence-electron chi connectivity index (χ4n) is 1.78. The fraction of sp³-hybridized carbons (Fsp3) is 0.417. The van der Waals surface area contributed by atoms with Crippen LogP contribution in [-0.4, -0.2) is 30.7 Å². The van der Waals surface area contributed by atoms with Gasteiger partial charge in [0.15, 0.2) is 0 Å². The minimum absolute atomic E-state index is 0.0178. The fourth-order valence-corrected chi connectivity index (χ4v) is 1.78. The van der Waals surface area contributed by atoms with Crippen molar-refractivity contribution in [3.63, 3.8) is 0 Å². The van der Waals surface area contributed by atoms with Crippen LogP contribution in [0, 0.1) is 5.82 Å². The van der Waals surface area contributed by atoms with Gasteiger partial charge in [0, 0.05) is 18.8 Å². The molecule has 0 fully saturated rings. The third kappa shape index (κ3) is 3.10. The molecule has 0 unspecified atom stereocenters. The van der Waals surface area contributed by atoms with Crippen molar-refractivity contribution >= 4 is 17.3 Å².